The number of carbonyl (C=O) groups excluding carboxylic acids is 2. The topological polar surface area (TPSA) is 88.5 Å². The molecule has 210 valence electrons. The summed E-state index contributed by atoms with van der Waals surface area (Å²) in [5.74, 6) is -1.21. The van der Waals surface area contributed by atoms with Gasteiger partial charge in [-0.05, 0) is 80.2 Å². The molecule has 0 aliphatic carbocycles. The third kappa shape index (κ3) is 5.69. The number of carbonyl (C=O) groups is 2. The molecule has 1 saturated heterocycles. The molecule has 1 amide bonds. The number of halogens is 1. The Morgan fingerprint density at radius 3 is 2.59 bits per heavy atom. The van der Waals surface area contributed by atoms with Crippen molar-refractivity contribution in [1.82, 2.24) is 19.8 Å². The SMILES string of the molecule is COC(=O)c1cccc(-n2c(C)cc([C@H]3[C@@H](c4ccccn4)NC(=S)N3CCC(=O)Nc3ccccc3F)c2C)c1. The summed E-state index contributed by atoms with van der Waals surface area (Å²) in [5, 5.41) is 6.57. The number of pyridine rings is 1. The molecule has 41 heavy (non-hydrogen) atoms. The van der Waals surface area contributed by atoms with Crippen LogP contribution >= 0.6 is 12.2 Å². The van der Waals surface area contributed by atoms with Gasteiger partial charge in [-0.2, -0.15) is 0 Å². The second-order valence-electron chi connectivity index (χ2n) is 9.80. The fourth-order valence-corrected chi connectivity index (χ4v) is 5.69. The summed E-state index contributed by atoms with van der Waals surface area (Å²) in [4.78, 5) is 31.6. The minimum absolute atomic E-state index is 0.0987. The van der Waals surface area contributed by atoms with Crippen molar-refractivity contribution in [2.24, 2.45) is 0 Å². The van der Waals surface area contributed by atoms with E-state index in [0.717, 1.165) is 28.3 Å². The van der Waals surface area contributed by atoms with Crippen molar-refractivity contribution in [2.75, 3.05) is 19.0 Å². The van der Waals surface area contributed by atoms with Gasteiger partial charge in [0, 0.05) is 36.2 Å². The molecule has 8 nitrogen and oxygen atoms in total. The van der Waals surface area contributed by atoms with E-state index in [1.165, 1.54) is 19.2 Å². The normalized spacial score (nSPS) is 16.4. The Kier molecular flexibility index (Phi) is 8.11. The highest BCUT2D eigenvalue weighted by Crippen LogP contribution is 2.41. The number of methoxy groups -OCH3 is 1. The number of para-hydroxylation sites is 1. The van der Waals surface area contributed by atoms with Crippen LogP contribution in [-0.4, -0.2) is 45.1 Å². The number of hydrogen-bond donors (Lipinski definition) is 2. The summed E-state index contributed by atoms with van der Waals surface area (Å²) in [6.07, 6.45) is 1.84. The van der Waals surface area contributed by atoms with Gasteiger partial charge in [-0.1, -0.05) is 24.3 Å². The number of amides is 1. The number of thiocarbonyl (C=S) groups is 1. The Bertz CT molecular complexity index is 1610. The summed E-state index contributed by atoms with van der Waals surface area (Å²) in [6.45, 7) is 4.33. The van der Waals surface area contributed by atoms with Gasteiger partial charge < -0.3 is 24.8 Å². The monoisotopic (exact) mass is 571 g/mol. The van der Waals surface area contributed by atoms with Crippen LogP contribution in [0.3, 0.4) is 0 Å². The van der Waals surface area contributed by atoms with E-state index in [1.807, 2.05) is 49.1 Å². The molecule has 0 spiro atoms. The van der Waals surface area contributed by atoms with Gasteiger partial charge in [-0.3, -0.25) is 9.78 Å². The van der Waals surface area contributed by atoms with Crippen LogP contribution in [0.2, 0.25) is 0 Å². The highest BCUT2D eigenvalue weighted by Gasteiger charge is 2.41. The predicted molar refractivity (Wildman–Crippen MR) is 158 cm³/mol. The molecule has 0 bridgehead atoms. The Morgan fingerprint density at radius 2 is 1.85 bits per heavy atom. The van der Waals surface area contributed by atoms with Gasteiger partial charge in [0.1, 0.15) is 5.82 Å². The van der Waals surface area contributed by atoms with Crippen molar-refractivity contribution in [3.05, 3.63) is 113 Å². The van der Waals surface area contributed by atoms with E-state index in [-0.39, 0.29) is 30.1 Å². The average molecular weight is 572 g/mol. The van der Waals surface area contributed by atoms with Crippen LogP contribution in [0.4, 0.5) is 10.1 Å². The standard InChI is InChI=1S/C31H30FN5O3S/c1-19-17-23(20(2)37(19)22-10-8-9-21(18-22)30(39)40-3)29-28(26-13-6-7-15-33-26)35-31(41)36(29)16-14-27(38)34-25-12-5-4-11-24(25)32/h4-13,15,17-18,28-29H,14,16H2,1-3H3,(H,34,38)(H,35,41)/t28-,29+/m1/s1. The zero-order valence-corrected chi connectivity index (χ0v) is 23.7. The number of hydrogen-bond acceptors (Lipinski definition) is 5. The molecule has 0 radical (unpaired) electrons. The van der Waals surface area contributed by atoms with Gasteiger partial charge >= 0.3 is 5.97 Å². The zero-order chi connectivity index (χ0) is 29.1. The van der Waals surface area contributed by atoms with Gasteiger partial charge in [0.25, 0.3) is 0 Å². The number of aromatic nitrogens is 2. The summed E-state index contributed by atoms with van der Waals surface area (Å²) in [5.41, 5.74) is 5.17. The molecule has 4 aromatic rings. The van der Waals surface area contributed by atoms with Gasteiger partial charge in [-0.15, -0.1) is 0 Å². The maximum absolute atomic E-state index is 14.1. The van der Waals surface area contributed by atoms with Crippen LogP contribution in [0.25, 0.3) is 5.69 Å². The number of benzene rings is 2. The molecule has 0 unspecified atom stereocenters. The lowest BCUT2D eigenvalue weighted by atomic mass is 9.96. The second kappa shape index (κ2) is 11.9. The van der Waals surface area contributed by atoms with Crippen molar-refractivity contribution >= 4 is 34.9 Å². The number of aryl methyl sites for hydroxylation is 1. The number of anilines is 1. The van der Waals surface area contributed by atoms with E-state index in [2.05, 4.69) is 26.3 Å². The first-order chi connectivity index (χ1) is 19.8. The molecule has 2 aromatic heterocycles. The molecule has 1 aliphatic rings. The molecule has 5 rings (SSSR count). The molecule has 2 aromatic carbocycles. The molecule has 1 aliphatic heterocycles. The van der Waals surface area contributed by atoms with E-state index in [9.17, 15) is 14.0 Å². The number of rotatable bonds is 8. The van der Waals surface area contributed by atoms with Crippen LogP contribution in [0.15, 0.2) is 79.0 Å². The maximum Gasteiger partial charge on any atom is 0.337 e. The smallest absolute Gasteiger partial charge is 0.337 e. The minimum atomic E-state index is -0.490. The lowest BCUT2D eigenvalue weighted by Crippen LogP contribution is -2.33. The van der Waals surface area contributed by atoms with Crippen molar-refractivity contribution in [1.29, 1.82) is 0 Å². The van der Waals surface area contributed by atoms with Crippen molar-refractivity contribution in [2.45, 2.75) is 32.4 Å². The molecular formula is C31H30FN5O3S. The Balaban J connectivity index is 1.49. The molecule has 10 heteroatoms. The first-order valence-electron chi connectivity index (χ1n) is 13.2. The fraction of sp³-hybridized carbons (Fsp3) is 0.226. The molecule has 0 saturated carbocycles. The van der Waals surface area contributed by atoms with Gasteiger partial charge in [-0.25, -0.2) is 9.18 Å². The number of nitrogens with one attached hydrogen (secondary N) is 2. The maximum atomic E-state index is 14.1. The first kappa shape index (κ1) is 28.0. The van der Waals surface area contributed by atoms with Crippen LogP contribution in [-0.2, 0) is 9.53 Å². The average Bonchev–Trinajstić information content (AvgIpc) is 3.47. The van der Waals surface area contributed by atoms with Gasteiger partial charge in [0.15, 0.2) is 5.11 Å². The van der Waals surface area contributed by atoms with E-state index in [1.54, 1.807) is 30.5 Å². The lowest BCUT2D eigenvalue weighted by molar-refractivity contribution is -0.116. The minimum Gasteiger partial charge on any atom is -0.465 e. The summed E-state index contributed by atoms with van der Waals surface area (Å²) in [6, 6.07) is 20.6. The van der Waals surface area contributed by atoms with Crippen molar-refractivity contribution in [3.63, 3.8) is 0 Å². The second-order valence-corrected chi connectivity index (χ2v) is 10.2. The van der Waals surface area contributed by atoms with Crippen molar-refractivity contribution in [3.8, 4) is 5.69 Å². The summed E-state index contributed by atoms with van der Waals surface area (Å²) < 4.78 is 21.1. The number of nitrogens with zero attached hydrogens (tertiary/aromatic N) is 3. The van der Waals surface area contributed by atoms with E-state index in [0.29, 0.717) is 17.2 Å². The van der Waals surface area contributed by atoms with Crippen LogP contribution in [0, 0.1) is 19.7 Å². The Morgan fingerprint density at radius 1 is 1.07 bits per heavy atom. The number of ether oxygens (including phenoxy) is 1. The summed E-state index contributed by atoms with van der Waals surface area (Å²) >= 11 is 5.77. The van der Waals surface area contributed by atoms with Gasteiger partial charge in [0.2, 0.25) is 5.91 Å². The highest BCUT2D eigenvalue weighted by molar-refractivity contribution is 7.80. The summed E-state index contributed by atoms with van der Waals surface area (Å²) in [7, 11) is 1.36. The van der Waals surface area contributed by atoms with E-state index >= 15 is 0 Å². The fourth-order valence-electron chi connectivity index (χ4n) is 5.36. The first-order valence-corrected chi connectivity index (χ1v) is 13.6. The van der Waals surface area contributed by atoms with Gasteiger partial charge in [0.05, 0.1) is 36.1 Å². The third-order valence-corrected chi connectivity index (χ3v) is 7.59. The zero-order valence-electron chi connectivity index (χ0n) is 22.9. The molecule has 3 heterocycles. The molecule has 1 fully saturated rings. The van der Waals surface area contributed by atoms with Crippen LogP contribution in [0.1, 0.15) is 51.5 Å². The van der Waals surface area contributed by atoms with E-state index < -0.39 is 11.8 Å². The lowest BCUT2D eigenvalue weighted by Gasteiger charge is -2.28. The third-order valence-electron chi connectivity index (χ3n) is 7.24. The van der Waals surface area contributed by atoms with Crippen LogP contribution in [0.5, 0.6) is 0 Å². The van der Waals surface area contributed by atoms with E-state index in [4.69, 9.17) is 17.0 Å². The highest BCUT2D eigenvalue weighted by atomic mass is 32.1. The van der Waals surface area contributed by atoms with Crippen LogP contribution < -0.4 is 10.6 Å². The molecule has 2 N–H and O–H groups in total. The Labute approximate surface area is 243 Å². The molecule has 2 atom stereocenters. The number of esters is 1. The van der Waals surface area contributed by atoms with Crippen molar-refractivity contribution < 1.29 is 18.7 Å². The molecular weight excluding hydrogens is 541 g/mol. The largest absolute Gasteiger partial charge is 0.465 e. The quantitative estimate of drug-likeness (QED) is 0.216. The Hall–Kier alpha value is -4.57. The predicted octanol–water partition coefficient (Wildman–Crippen LogP) is 5.42.